The zero-order valence-electron chi connectivity index (χ0n) is 20.8. The van der Waals surface area contributed by atoms with Gasteiger partial charge in [-0.15, -0.1) is 0 Å². The van der Waals surface area contributed by atoms with E-state index in [4.69, 9.17) is 21.3 Å². The van der Waals surface area contributed by atoms with Gasteiger partial charge in [0.1, 0.15) is 11.6 Å². The number of carbonyl (C=O) groups is 1. The smallest absolute Gasteiger partial charge is 0.244 e. The summed E-state index contributed by atoms with van der Waals surface area (Å²) in [5.74, 6) is 1.74. The van der Waals surface area contributed by atoms with E-state index < -0.39 is 0 Å². The van der Waals surface area contributed by atoms with Gasteiger partial charge in [-0.25, -0.2) is 4.98 Å². The third-order valence-corrected chi connectivity index (χ3v) is 6.66. The van der Waals surface area contributed by atoms with Crippen molar-refractivity contribution in [2.75, 3.05) is 13.2 Å². The van der Waals surface area contributed by atoms with Crippen molar-refractivity contribution in [2.45, 2.75) is 39.7 Å². The second-order valence-corrected chi connectivity index (χ2v) is 9.26. The molecule has 0 saturated heterocycles. The molecule has 0 radical (unpaired) electrons. The molecule has 0 fully saturated rings. The molecule has 4 rings (SSSR count). The van der Waals surface area contributed by atoms with Crippen LogP contribution in [0.15, 0.2) is 72.8 Å². The molecule has 1 heterocycles. The number of halogens is 1. The first kappa shape index (κ1) is 25.5. The average Bonchev–Trinajstić information content (AvgIpc) is 3.23. The summed E-state index contributed by atoms with van der Waals surface area (Å²) >= 11 is 6.26. The van der Waals surface area contributed by atoms with Crippen LogP contribution in [0.3, 0.4) is 0 Å². The molecule has 0 aliphatic rings. The number of aryl methyl sites for hydroxylation is 3. The zero-order valence-corrected chi connectivity index (χ0v) is 21.6. The third kappa shape index (κ3) is 6.76. The van der Waals surface area contributed by atoms with Crippen molar-refractivity contribution in [3.63, 3.8) is 0 Å². The summed E-state index contributed by atoms with van der Waals surface area (Å²) in [6.07, 6.45) is 5.94. The largest absolute Gasteiger partial charge is 0.494 e. The Labute approximate surface area is 217 Å². The lowest BCUT2D eigenvalue weighted by molar-refractivity contribution is -0.116. The summed E-state index contributed by atoms with van der Waals surface area (Å²) in [4.78, 5) is 17.1. The van der Waals surface area contributed by atoms with E-state index in [0.29, 0.717) is 19.6 Å². The number of hydrogen-bond acceptors (Lipinski definition) is 3. The Hall–Kier alpha value is -3.57. The van der Waals surface area contributed by atoms with Crippen LogP contribution in [0.2, 0.25) is 5.02 Å². The number of rotatable bonds is 11. The van der Waals surface area contributed by atoms with Crippen LogP contribution in [0.1, 0.15) is 35.4 Å². The Kier molecular flexibility index (Phi) is 8.80. The standard InChI is InChI=1S/C30H32ClN3O2/c1-22-20-25(21-23(2)30(22)31)36-19-9-8-18-34-27-13-7-6-12-26(27)33-28(34)16-17-32-29(35)15-14-24-10-4-3-5-11-24/h3-7,10-15,20-21H,8-9,16-19H2,1-2H3,(H,32,35)/b15-14+. The van der Waals surface area contributed by atoms with Crippen LogP contribution < -0.4 is 10.1 Å². The molecule has 0 atom stereocenters. The number of benzene rings is 3. The number of hydrogen-bond donors (Lipinski definition) is 1. The Balaban J connectivity index is 1.30. The second-order valence-electron chi connectivity index (χ2n) is 8.88. The van der Waals surface area contributed by atoms with Gasteiger partial charge in [0.25, 0.3) is 0 Å². The quantitative estimate of drug-likeness (QED) is 0.187. The molecule has 5 nitrogen and oxygen atoms in total. The van der Waals surface area contributed by atoms with Gasteiger partial charge in [0.05, 0.1) is 17.6 Å². The van der Waals surface area contributed by atoms with Crippen LogP contribution >= 0.6 is 11.6 Å². The topological polar surface area (TPSA) is 56.1 Å². The molecular formula is C30H32ClN3O2. The number of fused-ring (bicyclic) bond motifs is 1. The van der Waals surface area contributed by atoms with Gasteiger partial charge >= 0.3 is 0 Å². The number of aromatic nitrogens is 2. The first-order chi connectivity index (χ1) is 17.5. The summed E-state index contributed by atoms with van der Waals surface area (Å²) in [6, 6.07) is 21.9. The summed E-state index contributed by atoms with van der Waals surface area (Å²) in [6.45, 7) is 6.01. The minimum absolute atomic E-state index is 0.105. The highest BCUT2D eigenvalue weighted by molar-refractivity contribution is 6.32. The lowest BCUT2D eigenvalue weighted by atomic mass is 10.1. The Morgan fingerprint density at radius 3 is 2.53 bits per heavy atom. The molecule has 4 aromatic rings. The summed E-state index contributed by atoms with van der Waals surface area (Å²) < 4.78 is 8.23. The van der Waals surface area contributed by atoms with E-state index in [-0.39, 0.29) is 5.91 Å². The van der Waals surface area contributed by atoms with Crippen LogP contribution in [0.4, 0.5) is 0 Å². The average molecular weight is 502 g/mol. The van der Waals surface area contributed by atoms with E-state index in [2.05, 4.69) is 16.0 Å². The molecular weight excluding hydrogens is 470 g/mol. The van der Waals surface area contributed by atoms with Gasteiger partial charge in [0.15, 0.2) is 0 Å². The van der Waals surface area contributed by atoms with Crippen molar-refractivity contribution in [3.05, 3.63) is 100 Å². The molecule has 1 aromatic heterocycles. The molecule has 1 amide bonds. The molecule has 36 heavy (non-hydrogen) atoms. The first-order valence-corrected chi connectivity index (χ1v) is 12.7. The first-order valence-electron chi connectivity index (χ1n) is 12.4. The number of amides is 1. The summed E-state index contributed by atoms with van der Waals surface area (Å²) in [5.41, 5.74) is 5.16. The third-order valence-electron chi connectivity index (χ3n) is 6.06. The number of carbonyl (C=O) groups excluding carboxylic acids is 1. The lowest BCUT2D eigenvalue weighted by Gasteiger charge is -2.12. The Morgan fingerprint density at radius 1 is 1.03 bits per heavy atom. The van der Waals surface area contributed by atoms with E-state index in [1.165, 1.54) is 0 Å². The van der Waals surface area contributed by atoms with Gasteiger partial charge in [-0.05, 0) is 73.7 Å². The van der Waals surface area contributed by atoms with E-state index in [0.717, 1.165) is 63.7 Å². The van der Waals surface area contributed by atoms with Crippen molar-refractivity contribution in [3.8, 4) is 5.75 Å². The monoisotopic (exact) mass is 501 g/mol. The fourth-order valence-electron chi connectivity index (χ4n) is 4.21. The Morgan fingerprint density at radius 2 is 1.75 bits per heavy atom. The zero-order chi connectivity index (χ0) is 25.3. The van der Waals surface area contributed by atoms with Crippen molar-refractivity contribution in [1.82, 2.24) is 14.9 Å². The van der Waals surface area contributed by atoms with Crippen LogP contribution in [-0.4, -0.2) is 28.6 Å². The Bertz CT molecular complexity index is 1320. The van der Waals surface area contributed by atoms with Gasteiger partial charge in [-0.2, -0.15) is 0 Å². The maximum absolute atomic E-state index is 12.2. The van der Waals surface area contributed by atoms with Crippen LogP contribution in [0.5, 0.6) is 5.75 Å². The van der Waals surface area contributed by atoms with E-state index >= 15 is 0 Å². The van der Waals surface area contributed by atoms with Gasteiger partial charge in [-0.3, -0.25) is 4.79 Å². The highest BCUT2D eigenvalue weighted by Gasteiger charge is 2.11. The number of imidazole rings is 1. The van der Waals surface area contributed by atoms with Crippen LogP contribution in [-0.2, 0) is 17.8 Å². The molecule has 0 aliphatic heterocycles. The summed E-state index contributed by atoms with van der Waals surface area (Å²) in [5, 5.41) is 3.77. The summed E-state index contributed by atoms with van der Waals surface area (Å²) in [7, 11) is 0. The number of para-hydroxylation sites is 2. The normalized spacial score (nSPS) is 11.3. The second kappa shape index (κ2) is 12.4. The molecule has 186 valence electrons. The maximum atomic E-state index is 12.2. The fraction of sp³-hybridized carbons (Fsp3) is 0.267. The minimum Gasteiger partial charge on any atom is -0.494 e. The molecule has 3 aromatic carbocycles. The van der Waals surface area contributed by atoms with E-state index in [9.17, 15) is 4.79 Å². The number of ether oxygens (including phenoxy) is 1. The SMILES string of the molecule is Cc1cc(OCCCCn2c(CCNC(=O)/C=C/c3ccccc3)nc3ccccc32)cc(C)c1Cl. The number of nitrogens with one attached hydrogen (secondary N) is 1. The molecule has 6 heteroatoms. The molecule has 0 spiro atoms. The van der Waals surface area contributed by atoms with Crippen molar-refractivity contribution >= 4 is 34.6 Å². The molecule has 0 unspecified atom stereocenters. The van der Waals surface area contributed by atoms with Crippen molar-refractivity contribution in [2.24, 2.45) is 0 Å². The highest BCUT2D eigenvalue weighted by Crippen LogP contribution is 2.26. The fourth-order valence-corrected chi connectivity index (χ4v) is 4.32. The van der Waals surface area contributed by atoms with Crippen LogP contribution in [0.25, 0.3) is 17.1 Å². The minimum atomic E-state index is -0.105. The molecule has 1 N–H and O–H groups in total. The van der Waals surface area contributed by atoms with Gasteiger partial charge in [0, 0.05) is 30.6 Å². The maximum Gasteiger partial charge on any atom is 0.244 e. The van der Waals surface area contributed by atoms with Gasteiger partial charge in [0.2, 0.25) is 5.91 Å². The van der Waals surface area contributed by atoms with Crippen molar-refractivity contribution in [1.29, 1.82) is 0 Å². The van der Waals surface area contributed by atoms with E-state index in [1.807, 2.05) is 80.6 Å². The van der Waals surface area contributed by atoms with Gasteiger partial charge < -0.3 is 14.6 Å². The lowest BCUT2D eigenvalue weighted by Crippen LogP contribution is -2.24. The highest BCUT2D eigenvalue weighted by atomic mass is 35.5. The van der Waals surface area contributed by atoms with E-state index in [1.54, 1.807) is 6.08 Å². The predicted molar refractivity (Wildman–Crippen MR) is 148 cm³/mol. The molecule has 0 saturated carbocycles. The molecule has 0 bridgehead atoms. The van der Waals surface area contributed by atoms with Crippen LogP contribution in [0, 0.1) is 13.8 Å². The van der Waals surface area contributed by atoms with Gasteiger partial charge in [-0.1, -0.05) is 54.1 Å². The number of nitrogens with zero attached hydrogens (tertiary/aromatic N) is 2. The van der Waals surface area contributed by atoms with Crippen molar-refractivity contribution < 1.29 is 9.53 Å². The predicted octanol–water partition coefficient (Wildman–Crippen LogP) is 6.54. The number of unbranched alkanes of at least 4 members (excludes halogenated alkanes) is 1. The molecule has 0 aliphatic carbocycles.